The van der Waals surface area contributed by atoms with Crippen LogP contribution >= 0.6 is 0 Å². The Hall–Kier alpha value is 0.130. The van der Waals surface area contributed by atoms with E-state index in [0.717, 1.165) is 25.2 Å². The molecule has 0 N–H and O–H groups in total. The molecule has 20 heavy (non-hydrogen) atoms. The lowest BCUT2D eigenvalue weighted by Crippen LogP contribution is -2.39. The number of rotatable bonds is 5. The van der Waals surface area contributed by atoms with Crippen molar-refractivity contribution in [1.29, 1.82) is 0 Å². The molecule has 0 aromatic heterocycles. The molecule has 0 spiro atoms. The van der Waals surface area contributed by atoms with Crippen LogP contribution in [0.5, 0.6) is 0 Å². The Balaban J connectivity index is 2.16. The van der Waals surface area contributed by atoms with Crippen LogP contribution in [0.2, 0.25) is 5.21 Å². The summed E-state index contributed by atoms with van der Waals surface area (Å²) in [6.45, 7) is 14.1. The van der Waals surface area contributed by atoms with E-state index in [-0.39, 0.29) is 5.41 Å². The summed E-state index contributed by atoms with van der Waals surface area (Å²) in [5.74, 6) is 1.57. The second-order valence-electron chi connectivity index (χ2n) is 9.19. The molecule has 2 heteroatoms. The minimum absolute atomic E-state index is 0.0179. The molecule has 110 valence electrons. The van der Waals surface area contributed by atoms with Gasteiger partial charge in [0.15, 0.2) is 0 Å². The van der Waals surface area contributed by atoms with Gasteiger partial charge < -0.3 is 0 Å². The Morgan fingerprint density at radius 3 is 2.15 bits per heavy atom. The Bertz CT molecular complexity index is 370. The first kappa shape index (κ1) is 16.5. The quantitative estimate of drug-likeness (QED) is 0.608. The Kier molecular flexibility index (Phi) is 3.97. The van der Waals surface area contributed by atoms with Crippen LogP contribution in [0.15, 0.2) is 0 Å². The van der Waals surface area contributed by atoms with Crippen LogP contribution in [0, 0.1) is 28.1 Å². The summed E-state index contributed by atoms with van der Waals surface area (Å²) in [7, 11) is 13.2. The molecule has 2 rings (SSSR count). The monoisotopic (exact) mass is 270 g/mol. The van der Waals surface area contributed by atoms with Crippen LogP contribution < -0.4 is 0 Å². The largest absolute Gasteiger partial charge is 0.0938 e. The molecular formula is C18H32B2. The first-order chi connectivity index (χ1) is 8.98. The molecule has 3 atom stereocenters. The molecule has 2 aliphatic carbocycles. The summed E-state index contributed by atoms with van der Waals surface area (Å²) in [6, 6.07) is 0. The SMILES string of the molecule is [B]C([B])(CC1CC2CCC1(C)C2(C)C)C(C)(C)CCC. The zero-order valence-corrected chi connectivity index (χ0v) is 14.6. The van der Waals surface area contributed by atoms with Gasteiger partial charge in [0, 0.05) is 0 Å². The number of hydrogen-bond donors (Lipinski definition) is 0. The van der Waals surface area contributed by atoms with Crippen LogP contribution in [-0.4, -0.2) is 15.7 Å². The molecule has 0 aliphatic heterocycles. The lowest BCUT2D eigenvalue weighted by molar-refractivity contribution is 0.0833. The summed E-state index contributed by atoms with van der Waals surface area (Å²) >= 11 is 0. The fourth-order valence-electron chi connectivity index (χ4n) is 5.22. The van der Waals surface area contributed by atoms with E-state index in [1.54, 1.807) is 0 Å². The summed E-state index contributed by atoms with van der Waals surface area (Å²) < 4.78 is 0. The first-order valence-corrected chi connectivity index (χ1v) is 8.56. The Morgan fingerprint density at radius 2 is 1.75 bits per heavy atom. The maximum absolute atomic E-state index is 6.62. The maximum atomic E-state index is 6.62. The fourth-order valence-corrected chi connectivity index (χ4v) is 5.22. The van der Waals surface area contributed by atoms with Gasteiger partial charge in [-0.2, -0.15) is 0 Å². The van der Waals surface area contributed by atoms with Gasteiger partial charge in [-0.05, 0) is 53.8 Å². The summed E-state index contributed by atoms with van der Waals surface area (Å²) in [4.78, 5) is 0. The molecule has 3 unspecified atom stereocenters. The normalized spacial score (nSPS) is 36.5. The lowest BCUT2D eigenvalue weighted by atomic mass is 9.39. The van der Waals surface area contributed by atoms with Gasteiger partial charge >= 0.3 is 0 Å². The van der Waals surface area contributed by atoms with Crippen molar-refractivity contribution in [3.63, 3.8) is 0 Å². The lowest BCUT2D eigenvalue weighted by Gasteiger charge is -2.49. The zero-order valence-electron chi connectivity index (χ0n) is 14.6. The van der Waals surface area contributed by atoms with E-state index in [2.05, 4.69) is 41.5 Å². The van der Waals surface area contributed by atoms with Gasteiger partial charge in [-0.15, -0.1) is 0 Å². The molecule has 2 fully saturated rings. The highest BCUT2D eigenvalue weighted by Crippen LogP contribution is 2.70. The van der Waals surface area contributed by atoms with Gasteiger partial charge in [0.05, 0.1) is 15.7 Å². The third-order valence-electron chi connectivity index (χ3n) is 7.69. The molecule has 0 aromatic carbocycles. The van der Waals surface area contributed by atoms with E-state index in [1.807, 2.05) is 0 Å². The molecule has 0 saturated heterocycles. The predicted molar refractivity (Wildman–Crippen MR) is 90.2 cm³/mol. The topological polar surface area (TPSA) is 0 Å². The van der Waals surface area contributed by atoms with Crippen molar-refractivity contribution in [3.05, 3.63) is 0 Å². The van der Waals surface area contributed by atoms with E-state index in [4.69, 9.17) is 15.7 Å². The fraction of sp³-hybridized carbons (Fsp3) is 1.00. The molecule has 2 bridgehead atoms. The third-order valence-corrected chi connectivity index (χ3v) is 7.69. The molecule has 0 nitrogen and oxygen atoms in total. The Labute approximate surface area is 129 Å². The molecule has 2 aliphatic rings. The highest BCUT2D eigenvalue weighted by molar-refractivity contribution is 6.40. The minimum Gasteiger partial charge on any atom is -0.0938 e. The third kappa shape index (κ3) is 2.20. The van der Waals surface area contributed by atoms with Crippen molar-refractivity contribution in [2.75, 3.05) is 0 Å². The molecule has 4 radical (unpaired) electrons. The van der Waals surface area contributed by atoms with Crippen molar-refractivity contribution in [3.8, 4) is 0 Å². The molecular weight excluding hydrogens is 238 g/mol. The van der Waals surface area contributed by atoms with E-state index in [0.29, 0.717) is 16.7 Å². The molecule has 0 heterocycles. The van der Waals surface area contributed by atoms with Crippen LogP contribution in [0.3, 0.4) is 0 Å². The van der Waals surface area contributed by atoms with Gasteiger partial charge in [-0.1, -0.05) is 59.6 Å². The molecule has 2 saturated carbocycles. The van der Waals surface area contributed by atoms with Crippen molar-refractivity contribution < 1.29 is 0 Å². The van der Waals surface area contributed by atoms with Crippen LogP contribution in [0.4, 0.5) is 0 Å². The van der Waals surface area contributed by atoms with E-state index in [9.17, 15) is 0 Å². The second kappa shape index (κ2) is 4.82. The molecule has 0 amide bonds. The standard InChI is InChI=1S/C18H32B2/c1-7-9-15(2,3)18(19,20)12-14-11-13-8-10-17(14,6)16(13,4)5/h13-14H,7-12H2,1-6H3. The molecule has 0 aromatic rings. The highest BCUT2D eigenvalue weighted by atomic mass is 14.7. The van der Waals surface area contributed by atoms with Gasteiger partial charge in [-0.3, -0.25) is 0 Å². The van der Waals surface area contributed by atoms with Gasteiger partial charge in [0.25, 0.3) is 0 Å². The zero-order chi connectivity index (χ0) is 15.4. The van der Waals surface area contributed by atoms with Crippen molar-refractivity contribution >= 4 is 15.7 Å². The minimum atomic E-state index is -0.544. The van der Waals surface area contributed by atoms with E-state index >= 15 is 0 Å². The van der Waals surface area contributed by atoms with Crippen LogP contribution in [0.25, 0.3) is 0 Å². The summed E-state index contributed by atoms with van der Waals surface area (Å²) in [6.07, 6.45) is 7.34. The van der Waals surface area contributed by atoms with Gasteiger partial charge in [0.2, 0.25) is 0 Å². The van der Waals surface area contributed by atoms with Crippen molar-refractivity contribution in [1.82, 2.24) is 0 Å². The van der Waals surface area contributed by atoms with E-state index < -0.39 is 5.21 Å². The number of hydrogen-bond acceptors (Lipinski definition) is 0. The average Bonchev–Trinajstić information content (AvgIpc) is 2.61. The number of fused-ring (bicyclic) bond motifs is 2. The van der Waals surface area contributed by atoms with E-state index in [1.165, 1.54) is 19.3 Å². The predicted octanol–water partition coefficient (Wildman–Crippen LogP) is 5.12. The summed E-state index contributed by atoms with van der Waals surface area (Å²) in [5.41, 5.74) is 0.913. The second-order valence-corrected chi connectivity index (χ2v) is 9.19. The smallest absolute Gasteiger partial charge is 0.0627 e. The first-order valence-electron chi connectivity index (χ1n) is 8.56. The van der Waals surface area contributed by atoms with Crippen LogP contribution in [0.1, 0.15) is 80.1 Å². The maximum Gasteiger partial charge on any atom is 0.0627 e. The Morgan fingerprint density at radius 1 is 1.15 bits per heavy atom. The van der Waals surface area contributed by atoms with Gasteiger partial charge in [-0.25, -0.2) is 0 Å². The summed E-state index contributed by atoms with van der Waals surface area (Å²) in [5, 5.41) is -0.544. The van der Waals surface area contributed by atoms with Crippen LogP contribution in [-0.2, 0) is 0 Å². The average molecular weight is 270 g/mol. The van der Waals surface area contributed by atoms with Crippen molar-refractivity contribution in [2.24, 2.45) is 28.1 Å². The van der Waals surface area contributed by atoms with Crippen molar-refractivity contribution in [2.45, 2.75) is 85.3 Å². The van der Waals surface area contributed by atoms with Gasteiger partial charge in [0.1, 0.15) is 0 Å². The highest BCUT2D eigenvalue weighted by Gasteiger charge is 2.61.